The minimum absolute atomic E-state index is 0.104. The van der Waals surface area contributed by atoms with Gasteiger partial charge in [0, 0.05) is 24.7 Å². The number of imide groups is 1. The number of carbonyl (C=O) groups is 3. The number of carbonyl (C=O) groups excluding carboxylic acids is 3. The van der Waals surface area contributed by atoms with Crippen molar-refractivity contribution in [3.05, 3.63) is 39.9 Å². The molecule has 1 aromatic rings. The van der Waals surface area contributed by atoms with Crippen molar-refractivity contribution < 1.29 is 19.3 Å². The van der Waals surface area contributed by atoms with Crippen LogP contribution in [0.15, 0.2) is 24.3 Å². The van der Waals surface area contributed by atoms with E-state index in [4.69, 9.17) is 0 Å². The van der Waals surface area contributed by atoms with E-state index in [1.54, 1.807) is 4.90 Å². The predicted octanol–water partition coefficient (Wildman–Crippen LogP) is 2.54. The summed E-state index contributed by atoms with van der Waals surface area (Å²) in [4.78, 5) is 51.4. The fourth-order valence-electron chi connectivity index (χ4n) is 4.21. The van der Waals surface area contributed by atoms with Crippen molar-refractivity contribution in [1.82, 2.24) is 15.1 Å². The number of benzene rings is 1. The lowest BCUT2D eigenvalue weighted by molar-refractivity contribution is -0.384. The zero-order chi connectivity index (χ0) is 21.2. The number of likely N-dealkylation sites (N-methyl/N-ethyl adjacent to an activating group) is 1. The molecule has 1 aliphatic heterocycles. The van der Waals surface area contributed by atoms with Gasteiger partial charge in [0.05, 0.1) is 4.92 Å². The number of nitro groups is 1. The van der Waals surface area contributed by atoms with Gasteiger partial charge in [0.25, 0.3) is 11.6 Å². The number of hydrogen-bond acceptors (Lipinski definition) is 5. The Labute approximate surface area is 169 Å². The molecule has 1 N–H and O–H groups in total. The number of urea groups is 1. The number of non-ortho nitro benzene ring substituents is 1. The van der Waals surface area contributed by atoms with Crippen LogP contribution in [-0.2, 0) is 15.1 Å². The Morgan fingerprint density at radius 1 is 1.24 bits per heavy atom. The van der Waals surface area contributed by atoms with Gasteiger partial charge in [0.2, 0.25) is 5.91 Å². The van der Waals surface area contributed by atoms with Gasteiger partial charge in [0.15, 0.2) is 0 Å². The van der Waals surface area contributed by atoms with E-state index in [2.05, 4.69) is 5.32 Å². The van der Waals surface area contributed by atoms with E-state index in [-0.39, 0.29) is 24.2 Å². The second kappa shape index (κ2) is 8.18. The first-order valence-electron chi connectivity index (χ1n) is 9.96. The van der Waals surface area contributed by atoms with E-state index in [9.17, 15) is 24.5 Å². The lowest BCUT2D eigenvalue weighted by atomic mass is 9.92. The van der Waals surface area contributed by atoms with Crippen molar-refractivity contribution in [3.8, 4) is 0 Å². The van der Waals surface area contributed by atoms with Crippen LogP contribution in [0, 0.1) is 10.1 Å². The molecule has 0 aromatic heterocycles. The molecule has 156 valence electrons. The van der Waals surface area contributed by atoms with Crippen molar-refractivity contribution in [2.45, 2.75) is 57.5 Å². The molecule has 1 aromatic carbocycles. The maximum Gasteiger partial charge on any atom is 0.325 e. The molecule has 0 unspecified atom stereocenters. The first kappa shape index (κ1) is 20.8. The molecule has 2 fully saturated rings. The number of amides is 4. The van der Waals surface area contributed by atoms with Gasteiger partial charge in [-0.25, -0.2) is 4.79 Å². The Bertz CT molecular complexity index is 819. The maximum absolute atomic E-state index is 13.0. The summed E-state index contributed by atoms with van der Waals surface area (Å²) in [5.41, 5.74) is -1.04. The third kappa shape index (κ3) is 3.94. The van der Waals surface area contributed by atoms with Gasteiger partial charge in [0.1, 0.15) is 12.1 Å². The van der Waals surface area contributed by atoms with Crippen LogP contribution >= 0.6 is 0 Å². The predicted molar refractivity (Wildman–Crippen MR) is 105 cm³/mol. The number of nitrogens with one attached hydrogen (secondary N) is 1. The van der Waals surface area contributed by atoms with Crippen LogP contribution in [0.4, 0.5) is 10.5 Å². The summed E-state index contributed by atoms with van der Waals surface area (Å²) in [5.74, 6) is -0.778. The van der Waals surface area contributed by atoms with E-state index >= 15 is 0 Å². The smallest absolute Gasteiger partial charge is 0.325 e. The van der Waals surface area contributed by atoms with E-state index in [0.29, 0.717) is 12.1 Å². The lowest BCUT2D eigenvalue weighted by Gasteiger charge is -2.34. The number of nitrogens with zero attached hydrogens (tertiary/aromatic N) is 3. The Hall–Kier alpha value is -2.97. The van der Waals surface area contributed by atoms with E-state index in [1.807, 2.05) is 6.92 Å². The van der Waals surface area contributed by atoms with Gasteiger partial charge in [-0.3, -0.25) is 24.6 Å². The highest BCUT2D eigenvalue weighted by Crippen LogP contribution is 2.30. The summed E-state index contributed by atoms with van der Waals surface area (Å²) in [6.07, 6.45) is 5.22. The first-order valence-corrected chi connectivity index (χ1v) is 9.96. The third-order valence-corrected chi connectivity index (χ3v) is 5.90. The lowest BCUT2D eigenvalue weighted by Crippen LogP contribution is -2.48. The van der Waals surface area contributed by atoms with Gasteiger partial charge in [-0.2, -0.15) is 0 Å². The van der Waals surface area contributed by atoms with Crippen LogP contribution in [0.2, 0.25) is 0 Å². The van der Waals surface area contributed by atoms with Crippen molar-refractivity contribution in [1.29, 1.82) is 0 Å². The van der Waals surface area contributed by atoms with Gasteiger partial charge in [-0.1, -0.05) is 19.3 Å². The quantitative estimate of drug-likeness (QED) is 0.446. The van der Waals surface area contributed by atoms with Gasteiger partial charge in [-0.15, -0.1) is 0 Å². The number of nitro benzene ring substituents is 1. The average Bonchev–Trinajstić information content (AvgIpc) is 2.93. The highest BCUT2D eigenvalue weighted by Gasteiger charge is 2.50. The summed E-state index contributed by atoms with van der Waals surface area (Å²) in [5, 5.41) is 13.5. The first-order chi connectivity index (χ1) is 13.8. The number of hydrogen-bond donors (Lipinski definition) is 1. The molecule has 2 aliphatic rings. The van der Waals surface area contributed by atoms with Crippen molar-refractivity contribution in [2.75, 3.05) is 13.1 Å². The van der Waals surface area contributed by atoms with Crippen LogP contribution in [0.3, 0.4) is 0 Å². The SMILES string of the molecule is CCN(C(=O)CN1C(=O)N[C@](C)(c2ccc([N+](=O)[O-])cc2)C1=O)C1CCCCC1. The standard InChI is InChI=1S/C20H26N4O5/c1-3-22(15-7-5-4-6-8-15)17(25)13-23-18(26)20(2,21-19(23)27)14-9-11-16(12-10-14)24(28)29/h9-12,15H,3-8,13H2,1-2H3,(H,21,27)/t20-/m1/s1. The third-order valence-electron chi connectivity index (χ3n) is 5.90. The highest BCUT2D eigenvalue weighted by molar-refractivity contribution is 6.09. The fourth-order valence-corrected chi connectivity index (χ4v) is 4.21. The van der Waals surface area contributed by atoms with Crippen LogP contribution < -0.4 is 5.32 Å². The molecule has 9 nitrogen and oxygen atoms in total. The molecule has 4 amide bonds. The topological polar surface area (TPSA) is 113 Å². The minimum atomic E-state index is -1.37. The molecular weight excluding hydrogens is 376 g/mol. The molecule has 1 saturated carbocycles. The molecule has 3 rings (SSSR count). The second-order valence-electron chi connectivity index (χ2n) is 7.72. The monoisotopic (exact) mass is 402 g/mol. The van der Waals surface area contributed by atoms with Crippen molar-refractivity contribution in [2.24, 2.45) is 0 Å². The second-order valence-corrected chi connectivity index (χ2v) is 7.72. The summed E-state index contributed by atoms with van der Waals surface area (Å²) < 4.78 is 0. The molecule has 9 heteroatoms. The van der Waals surface area contributed by atoms with Crippen molar-refractivity contribution >= 4 is 23.5 Å². The molecule has 0 spiro atoms. The zero-order valence-electron chi connectivity index (χ0n) is 16.7. The van der Waals surface area contributed by atoms with Crippen LogP contribution in [0.1, 0.15) is 51.5 Å². The zero-order valence-corrected chi connectivity index (χ0v) is 16.7. The Balaban J connectivity index is 1.75. The van der Waals surface area contributed by atoms with E-state index in [0.717, 1.165) is 30.6 Å². The maximum atomic E-state index is 13.0. The van der Waals surface area contributed by atoms with Gasteiger partial charge in [-0.05, 0) is 44.4 Å². The molecule has 29 heavy (non-hydrogen) atoms. The fraction of sp³-hybridized carbons (Fsp3) is 0.550. The largest absolute Gasteiger partial charge is 0.338 e. The molecular formula is C20H26N4O5. The van der Waals surface area contributed by atoms with Crippen molar-refractivity contribution in [3.63, 3.8) is 0 Å². The number of rotatable bonds is 6. The summed E-state index contributed by atoms with van der Waals surface area (Å²) >= 11 is 0. The molecule has 0 bridgehead atoms. The molecule has 1 aliphatic carbocycles. The Morgan fingerprint density at radius 3 is 2.41 bits per heavy atom. The van der Waals surface area contributed by atoms with Crippen LogP contribution in [0.25, 0.3) is 0 Å². The molecule has 1 heterocycles. The molecule has 1 atom stereocenters. The highest BCUT2D eigenvalue weighted by atomic mass is 16.6. The Kier molecular flexibility index (Phi) is 5.86. The normalized spacial score (nSPS) is 22.5. The summed E-state index contributed by atoms with van der Waals surface area (Å²) in [7, 11) is 0. The molecule has 1 saturated heterocycles. The van der Waals surface area contributed by atoms with E-state index in [1.165, 1.54) is 37.6 Å². The Morgan fingerprint density at radius 2 is 1.86 bits per heavy atom. The van der Waals surface area contributed by atoms with Gasteiger partial charge < -0.3 is 10.2 Å². The minimum Gasteiger partial charge on any atom is -0.338 e. The van der Waals surface area contributed by atoms with Crippen LogP contribution in [-0.4, -0.2) is 51.7 Å². The average molecular weight is 402 g/mol. The summed E-state index contributed by atoms with van der Waals surface area (Å²) in [6.45, 7) is 3.67. The summed E-state index contributed by atoms with van der Waals surface area (Å²) in [6, 6.07) is 4.99. The van der Waals surface area contributed by atoms with Gasteiger partial charge >= 0.3 is 6.03 Å². The molecule has 0 radical (unpaired) electrons. The van der Waals surface area contributed by atoms with Crippen LogP contribution in [0.5, 0.6) is 0 Å². The van der Waals surface area contributed by atoms with E-state index < -0.39 is 22.4 Å².